The van der Waals surface area contributed by atoms with Crippen molar-refractivity contribution in [1.82, 2.24) is 25.8 Å². The van der Waals surface area contributed by atoms with E-state index in [1.165, 1.54) is 0 Å². The molecule has 3 N–H and O–H groups in total. The van der Waals surface area contributed by atoms with Gasteiger partial charge >= 0.3 is 6.03 Å². The molecule has 0 atom stereocenters. The molecule has 2 aromatic carbocycles. The molecule has 0 aliphatic heterocycles. The van der Waals surface area contributed by atoms with Crippen LogP contribution in [0.1, 0.15) is 57.8 Å². The van der Waals surface area contributed by atoms with Crippen LogP contribution >= 0.6 is 0 Å². The first kappa shape index (κ1) is 25.1. The maximum atomic E-state index is 13.0. The fourth-order valence-electron chi connectivity index (χ4n) is 4.58. The van der Waals surface area contributed by atoms with Crippen LogP contribution in [0.5, 0.6) is 0 Å². The van der Waals surface area contributed by atoms with Crippen molar-refractivity contribution in [3.63, 3.8) is 0 Å². The highest BCUT2D eigenvalue weighted by atomic mass is 16.5. The van der Waals surface area contributed by atoms with Gasteiger partial charge in [-0.15, -0.1) is 10.2 Å². The van der Waals surface area contributed by atoms with Crippen molar-refractivity contribution >= 4 is 17.5 Å². The van der Waals surface area contributed by atoms with Gasteiger partial charge in [0, 0.05) is 17.3 Å². The van der Waals surface area contributed by atoms with Gasteiger partial charge in [-0.3, -0.25) is 5.32 Å². The third kappa shape index (κ3) is 6.16. The predicted octanol–water partition coefficient (Wildman–Crippen LogP) is 6.65. The Kier molecular flexibility index (Phi) is 7.77. The van der Waals surface area contributed by atoms with Gasteiger partial charge in [-0.1, -0.05) is 69.2 Å². The molecule has 0 bridgehead atoms. The van der Waals surface area contributed by atoms with Crippen molar-refractivity contribution in [2.45, 2.75) is 53.4 Å². The van der Waals surface area contributed by atoms with Crippen LogP contribution in [0.2, 0.25) is 0 Å². The molecule has 2 heterocycles. The average Bonchev–Trinajstić information content (AvgIpc) is 3.50. The summed E-state index contributed by atoms with van der Waals surface area (Å²) in [4.78, 5) is 13.0. The molecule has 0 saturated carbocycles. The largest absolute Gasteiger partial charge is 0.360 e. The summed E-state index contributed by atoms with van der Waals surface area (Å²) < 4.78 is 5.08. The van der Waals surface area contributed by atoms with Gasteiger partial charge in [-0.2, -0.15) is 5.21 Å². The maximum absolute atomic E-state index is 13.0. The van der Waals surface area contributed by atoms with Gasteiger partial charge in [0.1, 0.15) is 5.76 Å². The zero-order valence-corrected chi connectivity index (χ0v) is 21.4. The van der Waals surface area contributed by atoms with E-state index >= 15 is 0 Å². The summed E-state index contributed by atoms with van der Waals surface area (Å²) in [6.45, 7) is 10.7. The zero-order valence-electron chi connectivity index (χ0n) is 21.4. The second-order valence-corrected chi connectivity index (χ2v) is 9.94. The number of hydrogen-bond donors (Lipinski definition) is 3. The highest BCUT2D eigenvalue weighted by molar-refractivity contribution is 6.00. The Hall–Kier alpha value is -4.01. The van der Waals surface area contributed by atoms with E-state index in [4.69, 9.17) is 4.52 Å². The minimum atomic E-state index is -0.374. The third-order valence-corrected chi connectivity index (χ3v) is 5.95. The van der Waals surface area contributed by atoms with E-state index in [2.05, 4.69) is 76.2 Å². The van der Waals surface area contributed by atoms with E-state index in [0.717, 1.165) is 40.8 Å². The third-order valence-electron chi connectivity index (χ3n) is 5.95. The average molecular weight is 488 g/mol. The SMILES string of the molecule is Cc1cc(NC(=O)Nc2cc(-c3ccccc3-c3nn[nH]n3)ccc2C(CC(C)C)CC(C)C)no1. The number of benzene rings is 2. The fourth-order valence-corrected chi connectivity index (χ4v) is 4.58. The number of anilines is 2. The first-order valence-corrected chi connectivity index (χ1v) is 12.3. The van der Waals surface area contributed by atoms with Crippen LogP contribution in [0.25, 0.3) is 22.5 Å². The molecule has 9 heteroatoms. The molecule has 4 aromatic rings. The number of aryl methyl sites for hydroxylation is 1. The standard InChI is InChI=1S/C27H33N7O2/c1-16(2)12-20(13-17(3)4)22-11-10-19(21-8-6-7-9-23(21)26-30-33-34-31-26)15-24(22)28-27(35)29-25-14-18(5)36-32-25/h6-11,14-17,20H,12-13H2,1-5H3,(H2,28,29,32,35)(H,30,31,33,34). The van der Waals surface area contributed by atoms with Crippen molar-refractivity contribution in [3.05, 3.63) is 59.9 Å². The molecule has 9 nitrogen and oxygen atoms in total. The number of aromatic nitrogens is 5. The van der Waals surface area contributed by atoms with Crippen LogP contribution in [-0.2, 0) is 0 Å². The van der Waals surface area contributed by atoms with Crippen molar-refractivity contribution in [3.8, 4) is 22.5 Å². The number of urea groups is 1. The number of aromatic amines is 1. The second kappa shape index (κ2) is 11.2. The van der Waals surface area contributed by atoms with Gasteiger partial charge in [0.25, 0.3) is 0 Å². The van der Waals surface area contributed by atoms with Crippen LogP contribution in [0, 0.1) is 18.8 Å². The van der Waals surface area contributed by atoms with Gasteiger partial charge in [0.05, 0.1) is 0 Å². The highest BCUT2D eigenvalue weighted by Crippen LogP contribution is 2.38. The predicted molar refractivity (Wildman–Crippen MR) is 141 cm³/mol. The number of amides is 2. The minimum Gasteiger partial charge on any atom is -0.360 e. The van der Waals surface area contributed by atoms with Crippen LogP contribution in [0.3, 0.4) is 0 Å². The molecule has 36 heavy (non-hydrogen) atoms. The van der Waals surface area contributed by atoms with E-state index in [1.54, 1.807) is 13.0 Å². The number of H-pyrrole nitrogens is 1. The molecule has 188 valence electrons. The number of tetrazole rings is 1. The van der Waals surface area contributed by atoms with Crippen LogP contribution < -0.4 is 10.6 Å². The van der Waals surface area contributed by atoms with Crippen LogP contribution in [0.4, 0.5) is 16.3 Å². The lowest BCUT2D eigenvalue weighted by Crippen LogP contribution is -2.21. The molecule has 2 aromatic heterocycles. The normalized spacial score (nSPS) is 11.4. The Morgan fingerprint density at radius 3 is 2.31 bits per heavy atom. The van der Waals surface area contributed by atoms with Crippen LogP contribution in [-0.4, -0.2) is 31.8 Å². The van der Waals surface area contributed by atoms with E-state index in [-0.39, 0.29) is 6.03 Å². The van der Waals surface area contributed by atoms with Gasteiger partial charge in [0.2, 0.25) is 5.82 Å². The Labute approximate surface area is 211 Å². The quantitative estimate of drug-likeness (QED) is 0.243. The van der Waals surface area contributed by atoms with E-state index in [1.807, 2.05) is 30.3 Å². The molecule has 2 amide bonds. The Morgan fingerprint density at radius 1 is 0.972 bits per heavy atom. The number of nitrogens with zero attached hydrogens (tertiary/aromatic N) is 4. The van der Waals surface area contributed by atoms with E-state index < -0.39 is 0 Å². The van der Waals surface area contributed by atoms with Gasteiger partial charge < -0.3 is 9.84 Å². The van der Waals surface area contributed by atoms with Crippen molar-refractivity contribution in [2.75, 3.05) is 10.6 Å². The summed E-state index contributed by atoms with van der Waals surface area (Å²) in [6.07, 6.45) is 2.05. The number of hydrogen-bond acceptors (Lipinski definition) is 6. The Bertz CT molecular complexity index is 1290. The van der Waals surface area contributed by atoms with E-state index in [9.17, 15) is 4.79 Å². The van der Waals surface area contributed by atoms with E-state index in [0.29, 0.717) is 35.2 Å². The van der Waals surface area contributed by atoms with Gasteiger partial charge in [-0.25, -0.2) is 4.79 Å². The summed E-state index contributed by atoms with van der Waals surface area (Å²) in [5.41, 5.74) is 4.63. The lowest BCUT2D eigenvalue weighted by atomic mass is 9.82. The first-order chi connectivity index (χ1) is 17.3. The maximum Gasteiger partial charge on any atom is 0.324 e. The summed E-state index contributed by atoms with van der Waals surface area (Å²) in [7, 11) is 0. The number of carbonyl (C=O) groups is 1. The molecule has 0 saturated heterocycles. The Balaban J connectivity index is 1.75. The lowest BCUT2D eigenvalue weighted by Gasteiger charge is -2.25. The number of carbonyl (C=O) groups excluding carboxylic acids is 1. The number of rotatable bonds is 9. The molecule has 0 radical (unpaired) electrons. The molecular weight excluding hydrogens is 454 g/mol. The second-order valence-electron chi connectivity index (χ2n) is 9.94. The molecule has 0 aliphatic rings. The Morgan fingerprint density at radius 2 is 1.69 bits per heavy atom. The summed E-state index contributed by atoms with van der Waals surface area (Å²) in [5.74, 6) is 2.85. The van der Waals surface area contributed by atoms with Crippen molar-refractivity contribution in [2.24, 2.45) is 11.8 Å². The van der Waals surface area contributed by atoms with Gasteiger partial charge in [0.15, 0.2) is 5.82 Å². The van der Waals surface area contributed by atoms with Crippen molar-refractivity contribution in [1.29, 1.82) is 0 Å². The number of nitrogens with one attached hydrogen (secondary N) is 3. The fraction of sp³-hybridized carbons (Fsp3) is 0.370. The molecule has 0 spiro atoms. The summed E-state index contributed by atoms with van der Waals surface area (Å²) in [5, 5.41) is 24.3. The molecule has 0 fully saturated rings. The summed E-state index contributed by atoms with van der Waals surface area (Å²) >= 11 is 0. The molecule has 0 unspecified atom stereocenters. The monoisotopic (exact) mass is 487 g/mol. The first-order valence-electron chi connectivity index (χ1n) is 12.3. The topological polar surface area (TPSA) is 122 Å². The lowest BCUT2D eigenvalue weighted by molar-refractivity contribution is 0.262. The van der Waals surface area contributed by atoms with Gasteiger partial charge in [-0.05, 0) is 65.5 Å². The summed E-state index contributed by atoms with van der Waals surface area (Å²) in [6, 6.07) is 15.5. The van der Waals surface area contributed by atoms with Crippen LogP contribution in [0.15, 0.2) is 53.1 Å². The molecule has 4 rings (SSSR count). The highest BCUT2D eigenvalue weighted by Gasteiger charge is 2.21. The van der Waals surface area contributed by atoms with Crippen molar-refractivity contribution < 1.29 is 9.32 Å². The smallest absolute Gasteiger partial charge is 0.324 e. The molecular formula is C27H33N7O2. The zero-order chi connectivity index (χ0) is 25.7. The minimum absolute atomic E-state index is 0.302. The molecule has 0 aliphatic carbocycles.